The maximum Gasteiger partial charge on any atom is 0.260 e. The van der Waals surface area contributed by atoms with E-state index in [1.54, 1.807) is 6.07 Å². The first-order chi connectivity index (χ1) is 9.66. The molecule has 2 aromatic rings. The summed E-state index contributed by atoms with van der Waals surface area (Å²) in [5.41, 5.74) is 10.4. The molecule has 0 atom stereocenters. The molecule has 3 heteroatoms. The summed E-state index contributed by atoms with van der Waals surface area (Å²) in [5.74, 6) is -0.00153. The average molecular weight is 266 g/mol. The Bertz CT molecular complexity index is 664. The fraction of sp³-hybridized carbons (Fsp3) is 0.235. The number of anilines is 2. The van der Waals surface area contributed by atoms with Crippen LogP contribution in [0.4, 0.5) is 11.4 Å². The SMILES string of the molecule is Cc1ccc(N)c(C(=O)N2CCCc3ccccc32)c1. The van der Waals surface area contributed by atoms with Crippen LogP contribution in [0.25, 0.3) is 0 Å². The topological polar surface area (TPSA) is 46.3 Å². The van der Waals surface area contributed by atoms with Gasteiger partial charge in [-0.05, 0) is 43.5 Å². The molecule has 0 saturated carbocycles. The number of para-hydroxylation sites is 1. The van der Waals surface area contributed by atoms with E-state index in [-0.39, 0.29) is 5.91 Å². The van der Waals surface area contributed by atoms with Gasteiger partial charge in [0.25, 0.3) is 5.91 Å². The number of hydrogen-bond acceptors (Lipinski definition) is 2. The van der Waals surface area contributed by atoms with Gasteiger partial charge < -0.3 is 10.6 Å². The van der Waals surface area contributed by atoms with E-state index in [0.717, 1.165) is 30.6 Å². The second-order valence-electron chi connectivity index (χ2n) is 5.28. The number of nitrogens with zero attached hydrogens (tertiary/aromatic N) is 1. The van der Waals surface area contributed by atoms with Gasteiger partial charge in [-0.2, -0.15) is 0 Å². The third-order valence-electron chi connectivity index (χ3n) is 3.79. The molecular formula is C17H18N2O. The van der Waals surface area contributed by atoms with Crippen LogP contribution >= 0.6 is 0 Å². The predicted molar refractivity (Wildman–Crippen MR) is 82.0 cm³/mol. The summed E-state index contributed by atoms with van der Waals surface area (Å²) >= 11 is 0. The smallest absolute Gasteiger partial charge is 0.260 e. The highest BCUT2D eigenvalue weighted by Gasteiger charge is 2.24. The van der Waals surface area contributed by atoms with Crippen molar-refractivity contribution in [3.05, 3.63) is 59.2 Å². The van der Waals surface area contributed by atoms with Crippen molar-refractivity contribution in [1.82, 2.24) is 0 Å². The first kappa shape index (κ1) is 12.7. The van der Waals surface area contributed by atoms with Crippen molar-refractivity contribution in [3.63, 3.8) is 0 Å². The fourth-order valence-corrected chi connectivity index (χ4v) is 2.75. The standard InChI is InChI=1S/C17H18N2O/c1-12-8-9-15(18)14(11-12)17(20)19-10-4-6-13-5-2-3-7-16(13)19/h2-3,5,7-9,11H,4,6,10,18H2,1H3. The minimum atomic E-state index is -0.00153. The van der Waals surface area contributed by atoms with Crippen LogP contribution in [-0.4, -0.2) is 12.5 Å². The van der Waals surface area contributed by atoms with Crippen LogP contribution in [0.3, 0.4) is 0 Å². The Balaban J connectivity index is 2.02. The highest BCUT2D eigenvalue weighted by atomic mass is 16.2. The van der Waals surface area contributed by atoms with Gasteiger partial charge in [-0.25, -0.2) is 0 Å². The third kappa shape index (κ3) is 2.16. The van der Waals surface area contributed by atoms with Crippen molar-refractivity contribution in [2.24, 2.45) is 0 Å². The van der Waals surface area contributed by atoms with Gasteiger partial charge in [0.15, 0.2) is 0 Å². The molecule has 0 unspecified atom stereocenters. The molecule has 0 aliphatic carbocycles. The van der Waals surface area contributed by atoms with Gasteiger partial charge in [0.05, 0.1) is 5.56 Å². The molecule has 2 N–H and O–H groups in total. The monoisotopic (exact) mass is 266 g/mol. The van der Waals surface area contributed by atoms with E-state index in [2.05, 4.69) is 6.07 Å². The molecule has 1 aliphatic heterocycles. The van der Waals surface area contributed by atoms with E-state index in [0.29, 0.717) is 11.3 Å². The summed E-state index contributed by atoms with van der Waals surface area (Å²) in [5, 5.41) is 0. The third-order valence-corrected chi connectivity index (χ3v) is 3.79. The van der Waals surface area contributed by atoms with Crippen molar-refractivity contribution in [1.29, 1.82) is 0 Å². The van der Waals surface area contributed by atoms with Crippen LogP contribution in [0.1, 0.15) is 27.9 Å². The van der Waals surface area contributed by atoms with Crippen LogP contribution in [0.15, 0.2) is 42.5 Å². The van der Waals surface area contributed by atoms with E-state index < -0.39 is 0 Å². The number of carbonyl (C=O) groups excluding carboxylic acids is 1. The Labute approximate surface area is 119 Å². The van der Waals surface area contributed by atoms with E-state index in [4.69, 9.17) is 5.73 Å². The van der Waals surface area contributed by atoms with Gasteiger partial charge in [-0.3, -0.25) is 4.79 Å². The summed E-state index contributed by atoms with van der Waals surface area (Å²) < 4.78 is 0. The predicted octanol–water partition coefficient (Wildman–Crippen LogP) is 3.17. The molecule has 0 radical (unpaired) electrons. The van der Waals surface area contributed by atoms with Crippen LogP contribution in [-0.2, 0) is 6.42 Å². The Morgan fingerprint density at radius 3 is 2.85 bits per heavy atom. The molecule has 3 nitrogen and oxygen atoms in total. The zero-order valence-electron chi connectivity index (χ0n) is 11.6. The lowest BCUT2D eigenvalue weighted by molar-refractivity contribution is 0.0986. The maximum absolute atomic E-state index is 12.8. The molecule has 3 rings (SSSR count). The highest BCUT2D eigenvalue weighted by Crippen LogP contribution is 2.29. The minimum absolute atomic E-state index is 0.00153. The summed E-state index contributed by atoms with van der Waals surface area (Å²) in [6.45, 7) is 2.73. The molecule has 1 amide bonds. The van der Waals surface area contributed by atoms with Crippen molar-refractivity contribution in [3.8, 4) is 0 Å². The first-order valence-corrected chi connectivity index (χ1v) is 6.93. The van der Waals surface area contributed by atoms with Gasteiger partial charge in [-0.15, -0.1) is 0 Å². The van der Waals surface area contributed by atoms with E-state index in [9.17, 15) is 4.79 Å². The van der Waals surface area contributed by atoms with Gasteiger partial charge in [-0.1, -0.05) is 29.8 Å². The number of rotatable bonds is 1. The summed E-state index contributed by atoms with van der Waals surface area (Å²) in [6, 6.07) is 13.7. The Morgan fingerprint density at radius 2 is 2.00 bits per heavy atom. The number of fused-ring (bicyclic) bond motifs is 1. The molecule has 0 spiro atoms. The van der Waals surface area contributed by atoms with Crippen molar-refractivity contribution in [2.75, 3.05) is 17.2 Å². The molecule has 1 heterocycles. The molecule has 2 aromatic carbocycles. The number of nitrogen functional groups attached to an aromatic ring is 1. The van der Waals surface area contributed by atoms with Crippen molar-refractivity contribution >= 4 is 17.3 Å². The molecule has 0 aromatic heterocycles. The zero-order chi connectivity index (χ0) is 14.1. The van der Waals surface area contributed by atoms with E-state index >= 15 is 0 Å². The number of benzene rings is 2. The van der Waals surface area contributed by atoms with Crippen LogP contribution in [0, 0.1) is 6.92 Å². The van der Waals surface area contributed by atoms with E-state index in [1.165, 1.54) is 5.56 Å². The minimum Gasteiger partial charge on any atom is -0.398 e. The molecule has 102 valence electrons. The van der Waals surface area contributed by atoms with Crippen molar-refractivity contribution in [2.45, 2.75) is 19.8 Å². The second kappa shape index (κ2) is 5.00. The average Bonchev–Trinajstić information content (AvgIpc) is 2.48. The number of amides is 1. The van der Waals surface area contributed by atoms with E-state index in [1.807, 2.05) is 42.2 Å². The Kier molecular flexibility index (Phi) is 3.18. The van der Waals surface area contributed by atoms with Crippen LogP contribution < -0.4 is 10.6 Å². The molecule has 1 aliphatic rings. The highest BCUT2D eigenvalue weighted by molar-refractivity contribution is 6.10. The Morgan fingerprint density at radius 1 is 1.20 bits per heavy atom. The van der Waals surface area contributed by atoms with Gasteiger partial charge in [0.1, 0.15) is 0 Å². The van der Waals surface area contributed by atoms with Gasteiger partial charge >= 0.3 is 0 Å². The number of carbonyl (C=O) groups is 1. The van der Waals surface area contributed by atoms with Gasteiger partial charge in [0.2, 0.25) is 0 Å². The number of nitrogens with two attached hydrogens (primary N) is 1. The van der Waals surface area contributed by atoms with Gasteiger partial charge in [0, 0.05) is 17.9 Å². The fourth-order valence-electron chi connectivity index (χ4n) is 2.75. The lowest BCUT2D eigenvalue weighted by Gasteiger charge is -2.30. The lowest BCUT2D eigenvalue weighted by Crippen LogP contribution is -2.35. The molecule has 0 saturated heterocycles. The molecule has 0 bridgehead atoms. The number of hydrogen-bond donors (Lipinski definition) is 1. The molecule has 0 fully saturated rings. The molecular weight excluding hydrogens is 248 g/mol. The van der Waals surface area contributed by atoms with Crippen LogP contribution in [0.5, 0.6) is 0 Å². The summed E-state index contributed by atoms with van der Waals surface area (Å²) in [6.07, 6.45) is 2.03. The Hall–Kier alpha value is -2.29. The van der Waals surface area contributed by atoms with Crippen LogP contribution in [0.2, 0.25) is 0 Å². The maximum atomic E-state index is 12.8. The number of aryl methyl sites for hydroxylation is 2. The first-order valence-electron chi connectivity index (χ1n) is 6.93. The largest absolute Gasteiger partial charge is 0.398 e. The zero-order valence-corrected chi connectivity index (χ0v) is 11.6. The summed E-state index contributed by atoms with van der Waals surface area (Å²) in [4.78, 5) is 14.6. The summed E-state index contributed by atoms with van der Waals surface area (Å²) in [7, 11) is 0. The quantitative estimate of drug-likeness (QED) is 0.806. The van der Waals surface area contributed by atoms with Crippen molar-refractivity contribution < 1.29 is 4.79 Å². The molecule has 20 heavy (non-hydrogen) atoms. The second-order valence-corrected chi connectivity index (χ2v) is 5.28. The lowest BCUT2D eigenvalue weighted by atomic mass is 10.00. The normalized spacial score (nSPS) is 13.9.